The molecule has 0 bridgehead atoms. The zero-order valence-electron chi connectivity index (χ0n) is 15.0. The number of rotatable bonds is 3. The van der Waals surface area contributed by atoms with Crippen molar-refractivity contribution in [2.24, 2.45) is 0 Å². The van der Waals surface area contributed by atoms with Gasteiger partial charge in [0.2, 0.25) is 5.91 Å². The van der Waals surface area contributed by atoms with Crippen LogP contribution in [0.3, 0.4) is 0 Å². The normalized spacial score (nSPS) is 21.3. The second-order valence-corrected chi connectivity index (χ2v) is 7.77. The highest BCUT2D eigenvalue weighted by Crippen LogP contribution is 2.26. The largest absolute Gasteiger partial charge is 0.337 e. The Balaban J connectivity index is 1.41. The van der Waals surface area contributed by atoms with Crippen molar-refractivity contribution < 1.29 is 4.79 Å². The van der Waals surface area contributed by atoms with Gasteiger partial charge < -0.3 is 4.90 Å². The predicted molar refractivity (Wildman–Crippen MR) is 105 cm³/mol. The van der Waals surface area contributed by atoms with Crippen LogP contribution in [0.15, 0.2) is 48.5 Å². The van der Waals surface area contributed by atoms with Crippen molar-refractivity contribution in [3.8, 4) is 0 Å². The molecule has 1 saturated heterocycles. The van der Waals surface area contributed by atoms with Crippen molar-refractivity contribution in [2.45, 2.75) is 38.3 Å². The van der Waals surface area contributed by atoms with Gasteiger partial charge >= 0.3 is 0 Å². The zero-order chi connectivity index (χ0) is 17.9. The molecular formula is C22H25ClN2O. The van der Waals surface area contributed by atoms with Crippen molar-refractivity contribution in [2.75, 3.05) is 19.6 Å². The molecule has 1 aliphatic heterocycles. The third kappa shape index (κ3) is 3.79. The van der Waals surface area contributed by atoms with E-state index in [4.69, 9.17) is 11.6 Å². The summed E-state index contributed by atoms with van der Waals surface area (Å²) in [5.74, 6) is 0.239. The fourth-order valence-corrected chi connectivity index (χ4v) is 4.43. The van der Waals surface area contributed by atoms with Gasteiger partial charge in [-0.25, -0.2) is 0 Å². The maximum atomic E-state index is 12.6. The van der Waals surface area contributed by atoms with Gasteiger partial charge in [-0.3, -0.25) is 9.69 Å². The number of aryl methyl sites for hydroxylation is 1. The minimum Gasteiger partial charge on any atom is -0.337 e. The van der Waals surface area contributed by atoms with E-state index >= 15 is 0 Å². The summed E-state index contributed by atoms with van der Waals surface area (Å²) in [4.78, 5) is 17.1. The number of hydrogen-bond acceptors (Lipinski definition) is 2. The van der Waals surface area contributed by atoms with Gasteiger partial charge in [-0.15, -0.1) is 0 Å². The maximum Gasteiger partial charge on any atom is 0.224 e. The molecule has 1 heterocycles. The maximum absolute atomic E-state index is 12.6. The quantitative estimate of drug-likeness (QED) is 0.819. The molecule has 1 unspecified atom stereocenters. The Morgan fingerprint density at radius 1 is 0.923 bits per heavy atom. The first-order valence-electron chi connectivity index (χ1n) is 9.53. The molecule has 4 heteroatoms. The average molecular weight is 369 g/mol. The van der Waals surface area contributed by atoms with E-state index in [0.29, 0.717) is 19.0 Å². The lowest BCUT2D eigenvalue weighted by molar-refractivity contribution is -0.130. The van der Waals surface area contributed by atoms with E-state index < -0.39 is 0 Å². The molecule has 1 amide bonds. The molecule has 1 aliphatic carbocycles. The molecule has 2 aromatic carbocycles. The summed E-state index contributed by atoms with van der Waals surface area (Å²) < 4.78 is 0. The number of carbonyl (C=O) groups excluding carboxylic acids is 1. The monoisotopic (exact) mass is 368 g/mol. The zero-order valence-corrected chi connectivity index (χ0v) is 15.8. The molecule has 1 atom stereocenters. The summed E-state index contributed by atoms with van der Waals surface area (Å²) in [5.41, 5.74) is 4.00. The van der Waals surface area contributed by atoms with Crippen molar-refractivity contribution in [1.29, 1.82) is 0 Å². The molecule has 0 spiro atoms. The van der Waals surface area contributed by atoms with E-state index in [-0.39, 0.29) is 5.91 Å². The third-order valence-corrected chi connectivity index (χ3v) is 6.15. The molecule has 0 radical (unpaired) electrons. The van der Waals surface area contributed by atoms with E-state index in [1.807, 2.05) is 29.2 Å². The van der Waals surface area contributed by atoms with Gasteiger partial charge in [0.15, 0.2) is 0 Å². The SMILES string of the molecule is O=C1CCN(C2CCc3ccccc3C2)CCN1Cc1ccccc1Cl. The smallest absolute Gasteiger partial charge is 0.224 e. The summed E-state index contributed by atoms with van der Waals surface area (Å²) >= 11 is 6.28. The van der Waals surface area contributed by atoms with E-state index in [9.17, 15) is 4.79 Å². The molecule has 0 aromatic heterocycles. The van der Waals surface area contributed by atoms with E-state index in [0.717, 1.165) is 43.1 Å². The fraction of sp³-hybridized carbons (Fsp3) is 0.409. The number of nitrogens with zero attached hydrogens (tertiary/aromatic N) is 2. The van der Waals surface area contributed by atoms with Crippen molar-refractivity contribution >= 4 is 17.5 Å². The molecule has 3 nitrogen and oxygen atoms in total. The Labute approximate surface area is 160 Å². The first kappa shape index (κ1) is 17.6. The van der Waals surface area contributed by atoms with E-state index in [2.05, 4.69) is 29.2 Å². The Kier molecular flexibility index (Phi) is 5.28. The highest BCUT2D eigenvalue weighted by Gasteiger charge is 2.28. The van der Waals surface area contributed by atoms with Crippen LogP contribution < -0.4 is 0 Å². The molecule has 136 valence electrons. The number of benzene rings is 2. The Hall–Kier alpha value is -1.84. The highest BCUT2D eigenvalue weighted by molar-refractivity contribution is 6.31. The predicted octanol–water partition coefficient (Wildman–Crippen LogP) is 3.93. The van der Waals surface area contributed by atoms with Crippen LogP contribution in [0.25, 0.3) is 0 Å². The lowest BCUT2D eigenvalue weighted by Crippen LogP contribution is -2.41. The summed E-state index contributed by atoms with van der Waals surface area (Å²) in [5, 5.41) is 0.741. The van der Waals surface area contributed by atoms with Gasteiger partial charge in [0.05, 0.1) is 0 Å². The fourth-order valence-electron chi connectivity index (χ4n) is 4.24. The van der Waals surface area contributed by atoms with E-state index in [1.54, 1.807) is 0 Å². The summed E-state index contributed by atoms with van der Waals surface area (Å²) in [7, 11) is 0. The first-order chi connectivity index (χ1) is 12.7. The summed E-state index contributed by atoms with van der Waals surface area (Å²) in [6.07, 6.45) is 4.04. The van der Waals surface area contributed by atoms with Gasteiger partial charge in [0.25, 0.3) is 0 Å². The Morgan fingerprint density at radius 2 is 1.69 bits per heavy atom. The number of fused-ring (bicyclic) bond motifs is 1. The van der Waals surface area contributed by atoms with Crippen molar-refractivity contribution in [3.63, 3.8) is 0 Å². The minimum absolute atomic E-state index is 0.239. The van der Waals surface area contributed by atoms with Crippen LogP contribution in [0, 0.1) is 0 Å². The van der Waals surface area contributed by atoms with Crippen LogP contribution >= 0.6 is 11.6 Å². The standard InChI is InChI=1S/C22H25ClN2O/c23-21-8-4-3-7-19(21)16-25-14-13-24(12-11-22(25)26)20-10-9-17-5-1-2-6-18(17)15-20/h1-8,20H,9-16H2. The lowest BCUT2D eigenvalue weighted by atomic mass is 9.87. The van der Waals surface area contributed by atoms with Crippen LogP contribution in [0.1, 0.15) is 29.5 Å². The molecule has 26 heavy (non-hydrogen) atoms. The molecular weight excluding hydrogens is 344 g/mol. The van der Waals surface area contributed by atoms with Crippen LogP contribution in [-0.4, -0.2) is 41.4 Å². The van der Waals surface area contributed by atoms with Crippen LogP contribution in [0.2, 0.25) is 5.02 Å². The van der Waals surface area contributed by atoms with Gasteiger partial charge in [-0.1, -0.05) is 54.1 Å². The first-order valence-corrected chi connectivity index (χ1v) is 9.90. The van der Waals surface area contributed by atoms with Crippen molar-refractivity contribution in [3.05, 3.63) is 70.2 Å². The second-order valence-electron chi connectivity index (χ2n) is 7.36. The third-order valence-electron chi connectivity index (χ3n) is 5.78. The number of carbonyl (C=O) groups is 1. The van der Waals surface area contributed by atoms with Crippen LogP contribution in [-0.2, 0) is 24.2 Å². The van der Waals surface area contributed by atoms with Gasteiger partial charge in [-0.05, 0) is 42.0 Å². The molecule has 0 saturated carbocycles. The van der Waals surface area contributed by atoms with Crippen LogP contribution in [0.4, 0.5) is 0 Å². The second kappa shape index (κ2) is 7.81. The number of halogens is 1. The minimum atomic E-state index is 0.239. The molecule has 2 aliphatic rings. The topological polar surface area (TPSA) is 23.6 Å². The summed E-state index contributed by atoms with van der Waals surface area (Å²) in [6, 6.07) is 17.2. The van der Waals surface area contributed by atoms with Crippen LogP contribution in [0.5, 0.6) is 0 Å². The Morgan fingerprint density at radius 3 is 2.54 bits per heavy atom. The number of hydrogen-bond donors (Lipinski definition) is 0. The van der Waals surface area contributed by atoms with E-state index in [1.165, 1.54) is 17.5 Å². The van der Waals surface area contributed by atoms with Crippen molar-refractivity contribution in [1.82, 2.24) is 9.80 Å². The molecule has 4 rings (SSSR count). The highest BCUT2D eigenvalue weighted by atomic mass is 35.5. The molecule has 2 aromatic rings. The molecule has 0 N–H and O–H groups in total. The Bertz CT molecular complexity index is 791. The van der Waals surface area contributed by atoms with Gasteiger partial charge in [0.1, 0.15) is 0 Å². The molecule has 1 fully saturated rings. The summed E-state index contributed by atoms with van der Waals surface area (Å²) in [6.45, 7) is 3.20. The average Bonchev–Trinajstić information content (AvgIpc) is 2.85. The lowest BCUT2D eigenvalue weighted by Gasteiger charge is -2.34. The van der Waals surface area contributed by atoms with Gasteiger partial charge in [0, 0.05) is 43.7 Å². The van der Waals surface area contributed by atoms with Gasteiger partial charge in [-0.2, -0.15) is 0 Å². The number of amides is 1.